The summed E-state index contributed by atoms with van der Waals surface area (Å²) in [4.78, 5) is 8.66. The number of imidazole rings is 1. The number of aromatic nitrogens is 3. The van der Waals surface area contributed by atoms with Crippen LogP contribution in [0.2, 0.25) is 0 Å². The van der Waals surface area contributed by atoms with Gasteiger partial charge in [-0.25, -0.2) is 4.98 Å². The molecular formula is C10H13N3. The lowest BCUT2D eigenvalue weighted by Crippen LogP contribution is -1.92. The van der Waals surface area contributed by atoms with Gasteiger partial charge < -0.3 is 4.57 Å². The van der Waals surface area contributed by atoms with Crippen molar-refractivity contribution in [3.05, 3.63) is 24.3 Å². The van der Waals surface area contributed by atoms with Crippen molar-refractivity contribution < 1.29 is 0 Å². The summed E-state index contributed by atoms with van der Waals surface area (Å²) in [6.45, 7) is 4.27. The second kappa shape index (κ2) is 2.83. The van der Waals surface area contributed by atoms with Crippen molar-refractivity contribution >= 4 is 11.0 Å². The molecule has 0 aromatic carbocycles. The van der Waals surface area contributed by atoms with Crippen LogP contribution in [0.1, 0.15) is 25.5 Å². The molecule has 0 atom stereocenters. The molecule has 0 amide bonds. The van der Waals surface area contributed by atoms with Gasteiger partial charge in [-0.15, -0.1) is 0 Å². The van der Waals surface area contributed by atoms with E-state index in [0.29, 0.717) is 5.92 Å². The average Bonchev–Trinajstić information content (AvgIpc) is 2.47. The van der Waals surface area contributed by atoms with Crippen molar-refractivity contribution in [1.29, 1.82) is 0 Å². The van der Waals surface area contributed by atoms with Crippen molar-refractivity contribution in [3.8, 4) is 0 Å². The predicted octanol–water partition coefficient (Wildman–Crippen LogP) is 2.09. The lowest BCUT2D eigenvalue weighted by molar-refractivity contribution is 0.824. The lowest BCUT2D eigenvalue weighted by Gasteiger charge is -2.03. The minimum atomic E-state index is 0.464. The highest BCUT2D eigenvalue weighted by Crippen LogP contribution is 2.16. The van der Waals surface area contributed by atoms with Gasteiger partial charge in [0.15, 0.2) is 0 Å². The maximum atomic E-state index is 4.38. The van der Waals surface area contributed by atoms with E-state index in [-0.39, 0.29) is 0 Å². The fraction of sp³-hybridized carbons (Fsp3) is 0.400. The third-order valence-corrected chi connectivity index (χ3v) is 2.22. The van der Waals surface area contributed by atoms with Crippen LogP contribution in [0.5, 0.6) is 0 Å². The van der Waals surface area contributed by atoms with E-state index in [1.54, 1.807) is 0 Å². The normalized spacial score (nSPS) is 11.4. The molecule has 0 bridgehead atoms. The van der Waals surface area contributed by atoms with Crippen LogP contribution in [0.3, 0.4) is 0 Å². The number of nitrogens with zero attached hydrogens (tertiary/aromatic N) is 3. The molecule has 0 spiro atoms. The highest BCUT2D eigenvalue weighted by Gasteiger charge is 2.04. The zero-order valence-corrected chi connectivity index (χ0v) is 8.15. The Morgan fingerprint density at radius 2 is 2.08 bits per heavy atom. The second-order valence-electron chi connectivity index (χ2n) is 3.61. The molecule has 68 valence electrons. The molecule has 2 aromatic heterocycles. The summed E-state index contributed by atoms with van der Waals surface area (Å²) >= 11 is 0. The Labute approximate surface area is 77.4 Å². The van der Waals surface area contributed by atoms with Crippen molar-refractivity contribution in [2.24, 2.45) is 7.05 Å². The SMILES string of the molecule is CC(C)c1cc2ncn(C)c2cn1. The van der Waals surface area contributed by atoms with Gasteiger partial charge in [-0.2, -0.15) is 0 Å². The highest BCUT2D eigenvalue weighted by molar-refractivity contribution is 5.74. The van der Waals surface area contributed by atoms with Crippen LogP contribution < -0.4 is 0 Å². The maximum absolute atomic E-state index is 4.38. The third-order valence-electron chi connectivity index (χ3n) is 2.22. The highest BCUT2D eigenvalue weighted by atomic mass is 15.0. The zero-order valence-electron chi connectivity index (χ0n) is 8.15. The van der Waals surface area contributed by atoms with Crippen LogP contribution in [0.15, 0.2) is 18.6 Å². The molecule has 0 fully saturated rings. The summed E-state index contributed by atoms with van der Waals surface area (Å²) in [5, 5.41) is 0. The summed E-state index contributed by atoms with van der Waals surface area (Å²) in [6, 6.07) is 2.06. The Kier molecular flexibility index (Phi) is 1.79. The second-order valence-corrected chi connectivity index (χ2v) is 3.61. The smallest absolute Gasteiger partial charge is 0.0956 e. The minimum Gasteiger partial charge on any atom is -0.332 e. The first kappa shape index (κ1) is 8.23. The van der Waals surface area contributed by atoms with Gasteiger partial charge in [0.25, 0.3) is 0 Å². The largest absolute Gasteiger partial charge is 0.332 e. The Morgan fingerprint density at radius 1 is 1.31 bits per heavy atom. The quantitative estimate of drug-likeness (QED) is 0.664. The number of hydrogen-bond donors (Lipinski definition) is 0. The van der Waals surface area contributed by atoms with Crippen LogP contribution in [0, 0.1) is 0 Å². The van der Waals surface area contributed by atoms with Gasteiger partial charge in [0.05, 0.1) is 23.6 Å². The van der Waals surface area contributed by atoms with Gasteiger partial charge in [0.1, 0.15) is 0 Å². The summed E-state index contributed by atoms with van der Waals surface area (Å²) in [5.41, 5.74) is 3.22. The van der Waals surface area contributed by atoms with E-state index in [9.17, 15) is 0 Å². The first-order valence-corrected chi connectivity index (χ1v) is 4.45. The van der Waals surface area contributed by atoms with Crippen LogP contribution in [-0.2, 0) is 7.05 Å². The number of hydrogen-bond acceptors (Lipinski definition) is 2. The van der Waals surface area contributed by atoms with E-state index in [4.69, 9.17) is 0 Å². The molecule has 3 heteroatoms. The lowest BCUT2D eigenvalue weighted by atomic mass is 10.1. The topological polar surface area (TPSA) is 30.7 Å². The van der Waals surface area contributed by atoms with Gasteiger partial charge in [0, 0.05) is 12.7 Å². The molecule has 2 rings (SSSR count). The van der Waals surface area contributed by atoms with E-state index in [1.807, 2.05) is 24.1 Å². The molecule has 0 aliphatic heterocycles. The molecule has 0 aliphatic carbocycles. The molecule has 0 unspecified atom stereocenters. The predicted molar refractivity (Wildman–Crippen MR) is 52.6 cm³/mol. The van der Waals surface area contributed by atoms with Crippen LogP contribution in [-0.4, -0.2) is 14.5 Å². The van der Waals surface area contributed by atoms with Gasteiger partial charge in [-0.3, -0.25) is 4.98 Å². The summed E-state index contributed by atoms with van der Waals surface area (Å²) in [7, 11) is 1.98. The molecular weight excluding hydrogens is 162 g/mol. The average molecular weight is 175 g/mol. The van der Waals surface area contributed by atoms with E-state index in [0.717, 1.165) is 16.7 Å². The van der Waals surface area contributed by atoms with Gasteiger partial charge in [-0.05, 0) is 12.0 Å². The Bertz CT molecular complexity index is 429. The fourth-order valence-electron chi connectivity index (χ4n) is 1.35. The van der Waals surface area contributed by atoms with E-state index >= 15 is 0 Å². The van der Waals surface area contributed by atoms with E-state index in [1.165, 1.54) is 0 Å². The number of pyridine rings is 1. The van der Waals surface area contributed by atoms with Crippen molar-refractivity contribution in [2.75, 3.05) is 0 Å². The minimum absolute atomic E-state index is 0.464. The number of aryl methyl sites for hydroxylation is 1. The molecule has 0 saturated heterocycles. The molecule has 2 heterocycles. The molecule has 0 saturated carbocycles. The Balaban J connectivity index is 2.63. The van der Waals surface area contributed by atoms with E-state index < -0.39 is 0 Å². The summed E-state index contributed by atoms with van der Waals surface area (Å²) < 4.78 is 1.98. The molecule has 2 aromatic rings. The van der Waals surface area contributed by atoms with Crippen molar-refractivity contribution in [1.82, 2.24) is 14.5 Å². The van der Waals surface area contributed by atoms with Crippen molar-refractivity contribution in [3.63, 3.8) is 0 Å². The maximum Gasteiger partial charge on any atom is 0.0956 e. The van der Waals surface area contributed by atoms with Gasteiger partial charge in [0.2, 0.25) is 0 Å². The zero-order chi connectivity index (χ0) is 9.42. The molecule has 13 heavy (non-hydrogen) atoms. The molecule has 0 radical (unpaired) electrons. The molecule has 3 nitrogen and oxygen atoms in total. The third kappa shape index (κ3) is 1.30. The monoisotopic (exact) mass is 175 g/mol. The fourth-order valence-corrected chi connectivity index (χ4v) is 1.35. The van der Waals surface area contributed by atoms with Crippen molar-refractivity contribution in [2.45, 2.75) is 19.8 Å². The van der Waals surface area contributed by atoms with Crippen LogP contribution in [0.25, 0.3) is 11.0 Å². The summed E-state index contributed by atoms with van der Waals surface area (Å²) in [5.74, 6) is 0.464. The number of rotatable bonds is 1. The number of fused-ring (bicyclic) bond motifs is 1. The first-order chi connectivity index (χ1) is 6.18. The van der Waals surface area contributed by atoms with E-state index in [2.05, 4.69) is 29.9 Å². The Hall–Kier alpha value is -1.38. The van der Waals surface area contributed by atoms with Gasteiger partial charge >= 0.3 is 0 Å². The Morgan fingerprint density at radius 3 is 2.77 bits per heavy atom. The summed E-state index contributed by atoms with van der Waals surface area (Å²) in [6.07, 6.45) is 3.70. The molecule has 0 N–H and O–H groups in total. The van der Waals surface area contributed by atoms with Crippen LogP contribution >= 0.6 is 0 Å². The van der Waals surface area contributed by atoms with Gasteiger partial charge in [-0.1, -0.05) is 13.8 Å². The standard InChI is InChI=1S/C10H13N3/c1-7(2)8-4-9-10(5-11-8)13(3)6-12-9/h4-7H,1-3H3. The molecule has 0 aliphatic rings. The van der Waals surface area contributed by atoms with Crippen LogP contribution in [0.4, 0.5) is 0 Å². The first-order valence-electron chi connectivity index (χ1n) is 4.45.